The van der Waals surface area contributed by atoms with E-state index in [0.717, 1.165) is 33.5 Å². The Bertz CT molecular complexity index is 1080. The molecule has 4 rings (SSSR count). The van der Waals surface area contributed by atoms with Gasteiger partial charge in [0.05, 0.1) is 16.8 Å². The summed E-state index contributed by atoms with van der Waals surface area (Å²) in [5.41, 5.74) is 2.57. The van der Waals surface area contributed by atoms with Gasteiger partial charge in [-0.3, -0.25) is 0 Å². The molecule has 0 aliphatic carbocycles. The molecule has 0 N–H and O–H groups in total. The molecule has 1 heterocycles. The molecule has 0 bridgehead atoms. The first kappa shape index (κ1) is 15.6. The molecule has 4 heteroatoms. The van der Waals surface area contributed by atoms with Gasteiger partial charge in [0, 0.05) is 16.3 Å². The van der Waals surface area contributed by atoms with Gasteiger partial charge in [-0.05, 0) is 30.5 Å². The van der Waals surface area contributed by atoms with E-state index < -0.39 is 11.7 Å². The number of hydrogen-bond donors (Lipinski definition) is 0. The fourth-order valence-electron chi connectivity index (χ4n) is 3.06. The van der Waals surface area contributed by atoms with Crippen LogP contribution in [-0.2, 0) is 6.18 Å². The highest BCUT2D eigenvalue weighted by Gasteiger charge is 2.31. The van der Waals surface area contributed by atoms with Gasteiger partial charge < -0.3 is 0 Å². The number of para-hydroxylation sites is 1. The molecule has 1 nitrogen and oxygen atoms in total. The average molecular weight is 337 g/mol. The van der Waals surface area contributed by atoms with E-state index in [4.69, 9.17) is 0 Å². The van der Waals surface area contributed by atoms with Gasteiger partial charge in [0.2, 0.25) is 0 Å². The summed E-state index contributed by atoms with van der Waals surface area (Å²) in [4.78, 5) is 4.66. The molecule has 0 fully saturated rings. The van der Waals surface area contributed by atoms with Crippen molar-refractivity contribution in [3.8, 4) is 11.3 Å². The van der Waals surface area contributed by atoms with E-state index in [1.807, 2.05) is 55.5 Å². The highest BCUT2D eigenvalue weighted by Crippen LogP contribution is 2.37. The van der Waals surface area contributed by atoms with Crippen LogP contribution in [0.4, 0.5) is 13.2 Å². The molecule has 4 aromatic rings. The molecule has 1 aromatic heterocycles. The molecular weight excluding hydrogens is 323 g/mol. The highest BCUT2D eigenvalue weighted by atomic mass is 19.4. The Labute approximate surface area is 142 Å². The van der Waals surface area contributed by atoms with Crippen LogP contribution in [0, 0.1) is 6.92 Å². The Kier molecular flexibility index (Phi) is 3.49. The predicted molar refractivity (Wildman–Crippen MR) is 94.4 cm³/mol. The van der Waals surface area contributed by atoms with Gasteiger partial charge in [-0.2, -0.15) is 13.2 Å². The molecule has 0 radical (unpaired) electrons. The van der Waals surface area contributed by atoms with Crippen molar-refractivity contribution in [1.29, 1.82) is 0 Å². The van der Waals surface area contributed by atoms with Gasteiger partial charge >= 0.3 is 6.18 Å². The predicted octanol–water partition coefficient (Wildman–Crippen LogP) is 6.38. The topological polar surface area (TPSA) is 12.9 Å². The molecule has 124 valence electrons. The van der Waals surface area contributed by atoms with Gasteiger partial charge in [-0.25, -0.2) is 4.98 Å². The van der Waals surface area contributed by atoms with Crippen molar-refractivity contribution in [1.82, 2.24) is 4.98 Å². The summed E-state index contributed by atoms with van der Waals surface area (Å²) in [7, 11) is 0. The molecule has 0 unspecified atom stereocenters. The first-order chi connectivity index (χ1) is 11.9. The lowest BCUT2D eigenvalue weighted by Crippen LogP contribution is -2.04. The lowest BCUT2D eigenvalue weighted by Gasteiger charge is -2.13. The van der Waals surface area contributed by atoms with E-state index in [0.29, 0.717) is 11.1 Å². The molecule has 0 amide bonds. The number of halogens is 3. The van der Waals surface area contributed by atoms with Crippen LogP contribution in [0.2, 0.25) is 0 Å². The Morgan fingerprint density at radius 3 is 2.20 bits per heavy atom. The van der Waals surface area contributed by atoms with Crippen LogP contribution in [0.3, 0.4) is 0 Å². The SMILES string of the molecule is Cc1ccc(-c2nc3ccccc3c3ccc(C(F)(F)F)cc23)cc1. The molecular formula is C21H14F3N. The lowest BCUT2D eigenvalue weighted by atomic mass is 9.97. The summed E-state index contributed by atoms with van der Waals surface area (Å²) in [6, 6.07) is 19.0. The van der Waals surface area contributed by atoms with E-state index in [-0.39, 0.29) is 0 Å². The van der Waals surface area contributed by atoms with Crippen LogP contribution in [0.5, 0.6) is 0 Å². The molecule has 0 saturated heterocycles. The molecule has 0 aliphatic heterocycles. The number of hydrogen-bond acceptors (Lipinski definition) is 1. The van der Waals surface area contributed by atoms with Crippen molar-refractivity contribution in [2.24, 2.45) is 0 Å². The monoisotopic (exact) mass is 337 g/mol. The fourth-order valence-corrected chi connectivity index (χ4v) is 3.06. The minimum atomic E-state index is -4.38. The molecule has 3 aromatic carbocycles. The van der Waals surface area contributed by atoms with Crippen molar-refractivity contribution >= 4 is 21.7 Å². The largest absolute Gasteiger partial charge is 0.416 e. The van der Waals surface area contributed by atoms with Crippen LogP contribution in [-0.4, -0.2) is 4.98 Å². The standard InChI is InChI=1S/C21H14F3N/c1-13-6-8-14(9-7-13)20-18-12-15(21(22,23)24)10-11-16(18)17-4-2-3-5-19(17)25-20/h2-12H,1H3. The average Bonchev–Trinajstić information content (AvgIpc) is 2.60. The Balaban J connectivity index is 2.11. The second-order valence-electron chi connectivity index (χ2n) is 6.10. The van der Waals surface area contributed by atoms with E-state index in [1.165, 1.54) is 6.07 Å². The molecule has 0 aliphatic rings. The molecule has 0 saturated carbocycles. The fraction of sp³-hybridized carbons (Fsp3) is 0.0952. The number of pyridine rings is 1. The highest BCUT2D eigenvalue weighted by molar-refractivity contribution is 6.11. The summed E-state index contributed by atoms with van der Waals surface area (Å²) < 4.78 is 39.6. The van der Waals surface area contributed by atoms with Gasteiger partial charge in [-0.15, -0.1) is 0 Å². The number of aryl methyl sites for hydroxylation is 1. The summed E-state index contributed by atoms with van der Waals surface area (Å²) in [6.07, 6.45) is -4.38. The van der Waals surface area contributed by atoms with E-state index in [9.17, 15) is 13.2 Å². The Hall–Kier alpha value is -2.88. The number of fused-ring (bicyclic) bond motifs is 3. The number of benzene rings is 3. The summed E-state index contributed by atoms with van der Waals surface area (Å²) in [5, 5.41) is 2.13. The minimum Gasteiger partial charge on any atom is -0.247 e. The third-order valence-electron chi connectivity index (χ3n) is 4.35. The van der Waals surface area contributed by atoms with Gasteiger partial charge in [0.15, 0.2) is 0 Å². The second-order valence-corrected chi connectivity index (χ2v) is 6.10. The second kappa shape index (κ2) is 5.59. The van der Waals surface area contributed by atoms with Crippen LogP contribution < -0.4 is 0 Å². The van der Waals surface area contributed by atoms with Crippen molar-refractivity contribution in [2.75, 3.05) is 0 Å². The number of nitrogens with zero attached hydrogens (tertiary/aromatic N) is 1. The first-order valence-electron chi connectivity index (χ1n) is 7.90. The maximum atomic E-state index is 13.2. The quantitative estimate of drug-likeness (QED) is 0.367. The molecule has 25 heavy (non-hydrogen) atoms. The van der Waals surface area contributed by atoms with Crippen molar-refractivity contribution in [3.63, 3.8) is 0 Å². The minimum absolute atomic E-state index is 0.511. The lowest BCUT2D eigenvalue weighted by molar-refractivity contribution is -0.137. The van der Waals surface area contributed by atoms with Crippen molar-refractivity contribution in [3.05, 3.63) is 77.9 Å². The third-order valence-corrected chi connectivity index (χ3v) is 4.35. The van der Waals surface area contributed by atoms with Crippen molar-refractivity contribution in [2.45, 2.75) is 13.1 Å². The van der Waals surface area contributed by atoms with Crippen LogP contribution >= 0.6 is 0 Å². The van der Waals surface area contributed by atoms with Gasteiger partial charge in [0.25, 0.3) is 0 Å². The molecule has 0 spiro atoms. The van der Waals surface area contributed by atoms with E-state index in [2.05, 4.69) is 4.98 Å². The summed E-state index contributed by atoms with van der Waals surface area (Å²) in [6.45, 7) is 1.97. The number of aromatic nitrogens is 1. The molecule has 0 atom stereocenters. The zero-order chi connectivity index (χ0) is 17.6. The van der Waals surface area contributed by atoms with Crippen LogP contribution in [0.25, 0.3) is 32.9 Å². The van der Waals surface area contributed by atoms with Crippen LogP contribution in [0.1, 0.15) is 11.1 Å². The third kappa shape index (κ3) is 2.74. The zero-order valence-corrected chi connectivity index (χ0v) is 13.4. The Morgan fingerprint density at radius 1 is 0.760 bits per heavy atom. The van der Waals surface area contributed by atoms with E-state index >= 15 is 0 Å². The van der Waals surface area contributed by atoms with Crippen LogP contribution in [0.15, 0.2) is 66.7 Å². The smallest absolute Gasteiger partial charge is 0.247 e. The maximum absolute atomic E-state index is 13.2. The number of alkyl halides is 3. The first-order valence-corrected chi connectivity index (χ1v) is 7.90. The normalized spacial score (nSPS) is 12.0. The number of rotatable bonds is 1. The Morgan fingerprint density at radius 2 is 1.48 bits per heavy atom. The zero-order valence-electron chi connectivity index (χ0n) is 13.4. The summed E-state index contributed by atoms with van der Waals surface area (Å²) in [5.74, 6) is 0. The van der Waals surface area contributed by atoms with Gasteiger partial charge in [-0.1, -0.05) is 54.1 Å². The van der Waals surface area contributed by atoms with Crippen molar-refractivity contribution < 1.29 is 13.2 Å². The summed E-state index contributed by atoms with van der Waals surface area (Å²) >= 11 is 0. The van der Waals surface area contributed by atoms with Gasteiger partial charge in [0.1, 0.15) is 0 Å². The maximum Gasteiger partial charge on any atom is 0.416 e. The van der Waals surface area contributed by atoms with E-state index in [1.54, 1.807) is 6.07 Å².